The minimum absolute atomic E-state index is 0. The second-order valence-electron chi connectivity index (χ2n) is 6.05. The van der Waals surface area contributed by atoms with Gasteiger partial charge in [-0.1, -0.05) is 13.8 Å². The zero-order valence-corrected chi connectivity index (χ0v) is 16.3. The first kappa shape index (κ1) is 22.9. The Morgan fingerprint density at radius 1 is 1.17 bits per heavy atom. The van der Waals surface area contributed by atoms with Gasteiger partial charge in [0.1, 0.15) is 0 Å². The number of carbonyl (C=O) groups is 1. The molecule has 0 aliphatic carbocycles. The molecule has 0 aliphatic rings. The lowest BCUT2D eigenvalue weighted by molar-refractivity contribution is 0.0942. The van der Waals surface area contributed by atoms with E-state index in [1.54, 1.807) is 13.8 Å². The summed E-state index contributed by atoms with van der Waals surface area (Å²) in [5.74, 6) is -0.262. The Morgan fingerprint density at radius 3 is 2.08 bits per heavy atom. The number of carbonyl (C=O) groups excluding carboxylic acids is 1. The summed E-state index contributed by atoms with van der Waals surface area (Å²) < 4.78 is 26.6. The highest BCUT2D eigenvalue weighted by molar-refractivity contribution is 7.89. The van der Waals surface area contributed by atoms with Gasteiger partial charge in [-0.05, 0) is 51.0 Å². The van der Waals surface area contributed by atoms with Crippen molar-refractivity contribution < 1.29 is 13.2 Å². The van der Waals surface area contributed by atoms with Gasteiger partial charge in [0.2, 0.25) is 10.0 Å². The van der Waals surface area contributed by atoms with E-state index in [4.69, 9.17) is 5.73 Å². The third kappa shape index (κ3) is 6.39. The van der Waals surface area contributed by atoms with Crippen LogP contribution in [-0.4, -0.2) is 32.5 Å². The molecule has 1 aromatic rings. The molecule has 0 fully saturated rings. The quantitative estimate of drug-likeness (QED) is 0.645. The van der Waals surface area contributed by atoms with Gasteiger partial charge in [-0.3, -0.25) is 4.79 Å². The molecule has 4 N–H and O–H groups in total. The topological polar surface area (TPSA) is 101 Å². The van der Waals surface area contributed by atoms with Crippen LogP contribution in [0.3, 0.4) is 0 Å². The van der Waals surface area contributed by atoms with Gasteiger partial charge >= 0.3 is 0 Å². The average molecular weight is 378 g/mol. The van der Waals surface area contributed by atoms with Gasteiger partial charge in [0.25, 0.3) is 5.91 Å². The minimum atomic E-state index is -3.55. The number of benzene rings is 1. The molecule has 0 unspecified atom stereocenters. The number of halogens is 1. The number of sulfonamides is 1. The van der Waals surface area contributed by atoms with Crippen molar-refractivity contribution in [2.45, 2.75) is 57.0 Å². The molecule has 138 valence electrons. The molecule has 8 heteroatoms. The van der Waals surface area contributed by atoms with Crippen molar-refractivity contribution in [2.75, 3.05) is 6.54 Å². The van der Waals surface area contributed by atoms with E-state index in [1.807, 2.05) is 13.8 Å². The van der Waals surface area contributed by atoms with E-state index in [0.717, 1.165) is 12.8 Å². The average Bonchev–Trinajstić information content (AvgIpc) is 2.51. The first-order chi connectivity index (χ1) is 10.6. The number of rotatable bonds is 8. The molecule has 0 saturated carbocycles. The first-order valence-corrected chi connectivity index (χ1v) is 9.31. The highest BCUT2D eigenvalue weighted by atomic mass is 35.5. The number of hydrogen-bond acceptors (Lipinski definition) is 4. The molecule has 0 spiro atoms. The van der Waals surface area contributed by atoms with Crippen LogP contribution in [0.2, 0.25) is 0 Å². The monoisotopic (exact) mass is 377 g/mol. The molecule has 24 heavy (non-hydrogen) atoms. The molecule has 0 bridgehead atoms. The summed E-state index contributed by atoms with van der Waals surface area (Å²) in [6, 6.07) is 5.66. The van der Waals surface area contributed by atoms with Crippen molar-refractivity contribution in [1.82, 2.24) is 10.0 Å². The summed E-state index contributed by atoms with van der Waals surface area (Å²) in [7, 11) is -3.55. The van der Waals surface area contributed by atoms with Crippen LogP contribution in [0.4, 0.5) is 0 Å². The van der Waals surface area contributed by atoms with Crippen LogP contribution < -0.4 is 15.8 Å². The highest BCUT2D eigenvalue weighted by Crippen LogP contribution is 2.13. The van der Waals surface area contributed by atoms with Crippen molar-refractivity contribution in [3.8, 4) is 0 Å². The maximum Gasteiger partial charge on any atom is 0.251 e. The maximum atomic E-state index is 12.1. The minimum Gasteiger partial charge on any atom is -0.350 e. The van der Waals surface area contributed by atoms with Gasteiger partial charge in [-0.2, -0.15) is 0 Å². The van der Waals surface area contributed by atoms with Gasteiger partial charge in [-0.15, -0.1) is 12.4 Å². The van der Waals surface area contributed by atoms with Crippen LogP contribution >= 0.6 is 12.4 Å². The molecule has 0 heterocycles. The molecule has 0 saturated heterocycles. The highest BCUT2D eigenvalue weighted by Gasteiger charge is 2.21. The molecule has 1 rings (SSSR count). The first-order valence-electron chi connectivity index (χ1n) is 7.83. The van der Waals surface area contributed by atoms with Gasteiger partial charge in [0, 0.05) is 23.7 Å². The van der Waals surface area contributed by atoms with E-state index >= 15 is 0 Å². The number of nitrogens with one attached hydrogen (secondary N) is 2. The van der Waals surface area contributed by atoms with Crippen LogP contribution in [0, 0.1) is 0 Å². The van der Waals surface area contributed by atoms with Crippen molar-refractivity contribution in [1.29, 1.82) is 0 Å². The SMILES string of the molecule is CCC(N)(CC)CNC(=O)c1ccc(S(=O)(=O)NC(C)C)cc1.Cl. The lowest BCUT2D eigenvalue weighted by Gasteiger charge is -2.26. The molecular formula is C16H28ClN3O3S. The number of amides is 1. The fraction of sp³-hybridized carbons (Fsp3) is 0.562. The third-order valence-electron chi connectivity index (χ3n) is 3.83. The Bertz CT molecular complexity index is 626. The van der Waals surface area contributed by atoms with Gasteiger partial charge < -0.3 is 11.1 Å². The fourth-order valence-electron chi connectivity index (χ4n) is 2.02. The van der Waals surface area contributed by atoms with Crippen molar-refractivity contribution in [3.63, 3.8) is 0 Å². The second-order valence-corrected chi connectivity index (χ2v) is 7.77. The second kappa shape index (κ2) is 9.36. The van der Waals surface area contributed by atoms with Crippen LogP contribution in [0.15, 0.2) is 29.2 Å². The molecule has 6 nitrogen and oxygen atoms in total. The van der Waals surface area contributed by atoms with E-state index in [1.165, 1.54) is 24.3 Å². The fourth-order valence-corrected chi connectivity index (χ4v) is 3.27. The van der Waals surface area contributed by atoms with Gasteiger partial charge in [-0.25, -0.2) is 13.1 Å². The van der Waals surface area contributed by atoms with Crippen LogP contribution in [-0.2, 0) is 10.0 Å². The van der Waals surface area contributed by atoms with E-state index in [-0.39, 0.29) is 29.3 Å². The Kier molecular flexibility index (Phi) is 8.91. The van der Waals surface area contributed by atoms with E-state index < -0.39 is 15.6 Å². The molecular weight excluding hydrogens is 350 g/mol. The molecule has 0 aliphatic heterocycles. The largest absolute Gasteiger partial charge is 0.350 e. The van der Waals surface area contributed by atoms with Gasteiger partial charge in [0.15, 0.2) is 0 Å². The zero-order valence-electron chi connectivity index (χ0n) is 14.6. The van der Waals surface area contributed by atoms with E-state index in [9.17, 15) is 13.2 Å². The lowest BCUT2D eigenvalue weighted by Crippen LogP contribution is -2.49. The predicted octanol–water partition coefficient (Wildman–Crippen LogP) is 2.04. The summed E-state index contributed by atoms with van der Waals surface area (Å²) >= 11 is 0. The van der Waals surface area contributed by atoms with Crippen molar-refractivity contribution >= 4 is 28.3 Å². The summed E-state index contributed by atoms with van der Waals surface area (Å²) in [6.07, 6.45) is 1.53. The van der Waals surface area contributed by atoms with Crippen LogP contribution in [0.1, 0.15) is 50.9 Å². The van der Waals surface area contributed by atoms with E-state index in [2.05, 4.69) is 10.0 Å². The molecule has 1 aromatic carbocycles. The van der Waals surface area contributed by atoms with Crippen molar-refractivity contribution in [3.05, 3.63) is 29.8 Å². The predicted molar refractivity (Wildman–Crippen MR) is 99.0 cm³/mol. The normalized spacial score (nSPS) is 11.9. The summed E-state index contributed by atoms with van der Waals surface area (Å²) in [4.78, 5) is 12.3. The Morgan fingerprint density at radius 2 is 1.67 bits per heavy atom. The van der Waals surface area contributed by atoms with Crippen LogP contribution in [0.25, 0.3) is 0 Å². The smallest absolute Gasteiger partial charge is 0.251 e. The Hall–Kier alpha value is -1.15. The molecule has 0 atom stereocenters. The number of hydrogen-bond donors (Lipinski definition) is 3. The standard InChI is InChI=1S/C16H27N3O3S.ClH/c1-5-16(17,6-2)11-18-15(20)13-7-9-14(10-8-13)23(21,22)19-12(3)4;/h7-10,12,19H,5-6,11,17H2,1-4H3,(H,18,20);1H. The number of nitrogens with two attached hydrogens (primary N) is 1. The summed E-state index contributed by atoms with van der Waals surface area (Å²) in [6.45, 7) is 7.85. The zero-order chi connectivity index (χ0) is 17.7. The third-order valence-corrected chi connectivity index (χ3v) is 5.50. The molecule has 0 radical (unpaired) electrons. The molecule has 0 aromatic heterocycles. The van der Waals surface area contributed by atoms with Gasteiger partial charge in [0.05, 0.1) is 4.90 Å². The Balaban J connectivity index is 0.00000529. The van der Waals surface area contributed by atoms with Crippen LogP contribution in [0.5, 0.6) is 0 Å². The Labute approximate surface area is 151 Å². The van der Waals surface area contributed by atoms with Crippen molar-refractivity contribution in [2.24, 2.45) is 5.73 Å². The summed E-state index contributed by atoms with van der Waals surface area (Å²) in [5.41, 5.74) is 6.14. The summed E-state index contributed by atoms with van der Waals surface area (Å²) in [5, 5.41) is 2.80. The van der Waals surface area contributed by atoms with E-state index in [0.29, 0.717) is 12.1 Å². The lowest BCUT2D eigenvalue weighted by atomic mass is 9.94. The molecule has 1 amide bonds. The maximum absolute atomic E-state index is 12.1.